The minimum atomic E-state index is -4.59. The van der Waals surface area contributed by atoms with Gasteiger partial charge < -0.3 is 10.1 Å². The van der Waals surface area contributed by atoms with Crippen molar-refractivity contribution in [2.45, 2.75) is 38.8 Å². The van der Waals surface area contributed by atoms with Crippen LogP contribution in [0.3, 0.4) is 0 Å². The quantitative estimate of drug-likeness (QED) is 0.476. The Kier molecular flexibility index (Phi) is 8.37. The molecule has 2 aromatic rings. The topological polar surface area (TPSA) is 55.4 Å². The fourth-order valence-electron chi connectivity index (χ4n) is 3.21. The first-order valence-corrected chi connectivity index (χ1v) is 10.2. The van der Waals surface area contributed by atoms with Crippen molar-refractivity contribution in [2.75, 3.05) is 12.4 Å². The highest BCUT2D eigenvalue weighted by Crippen LogP contribution is 2.39. The van der Waals surface area contributed by atoms with E-state index in [1.54, 1.807) is 13.0 Å². The van der Waals surface area contributed by atoms with Gasteiger partial charge in [-0.05, 0) is 48.2 Å². The lowest BCUT2D eigenvalue weighted by atomic mass is 9.85. The fraction of sp³-hybridized carbons (Fsp3) is 0.364. The smallest absolute Gasteiger partial charge is 0.392 e. The highest BCUT2D eigenvalue weighted by molar-refractivity contribution is 6.34. The Bertz CT molecular complexity index is 946. The Morgan fingerprint density at radius 2 is 1.71 bits per heavy atom. The van der Waals surface area contributed by atoms with Gasteiger partial charge in [0.1, 0.15) is 0 Å². The molecule has 0 bridgehead atoms. The number of ether oxygens (including phenoxy) is 1. The monoisotopic (exact) mass is 475 g/mol. The molecule has 2 unspecified atom stereocenters. The molecule has 2 atom stereocenters. The molecule has 168 valence electrons. The van der Waals surface area contributed by atoms with Gasteiger partial charge in [0.2, 0.25) is 5.91 Å². The van der Waals surface area contributed by atoms with Gasteiger partial charge in [-0.25, -0.2) is 0 Å². The summed E-state index contributed by atoms with van der Waals surface area (Å²) in [6, 6.07) is 8.90. The van der Waals surface area contributed by atoms with Crippen LogP contribution in [0.5, 0.6) is 0 Å². The van der Waals surface area contributed by atoms with E-state index in [0.717, 1.165) is 12.5 Å². The van der Waals surface area contributed by atoms with E-state index in [-0.39, 0.29) is 22.7 Å². The largest absolute Gasteiger partial charge is 0.469 e. The number of alkyl halides is 3. The maximum atomic E-state index is 13.5. The van der Waals surface area contributed by atoms with Crippen molar-refractivity contribution < 1.29 is 27.5 Å². The average molecular weight is 476 g/mol. The first kappa shape index (κ1) is 25.0. The second kappa shape index (κ2) is 10.4. The summed E-state index contributed by atoms with van der Waals surface area (Å²) in [4.78, 5) is 24.5. The molecule has 0 aliphatic carbocycles. The molecule has 0 aliphatic heterocycles. The number of rotatable bonds is 7. The molecule has 0 aliphatic rings. The molecule has 2 rings (SSSR count). The third-order valence-corrected chi connectivity index (χ3v) is 5.70. The van der Waals surface area contributed by atoms with Crippen LogP contribution in [0.2, 0.25) is 10.0 Å². The van der Waals surface area contributed by atoms with Gasteiger partial charge in [0.05, 0.1) is 29.7 Å². The van der Waals surface area contributed by atoms with Crippen LogP contribution in [-0.4, -0.2) is 25.2 Å². The first-order valence-electron chi connectivity index (χ1n) is 9.43. The van der Waals surface area contributed by atoms with Crippen LogP contribution in [-0.2, 0) is 20.7 Å². The molecule has 31 heavy (non-hydrogen) atoms. The van der Waals surface area contributed by atoms with E-state index in [2.05, 4.69) is 10.1 Å². The number of benzene rings is 2. The predicted molar refractivity (Wildman–Crippen MR) is 115 cm³/mol. The summed E-state index contributed by atoms with van der Waals surface area (Å²) in [6.07, 6.45) is -4.15. The lowest BCUT2D eigenvalue weighted by Crippen LogP contribution is -2.34. The highest BCUT2D eigenvalue weighted by atomic mass is 35.5. The summed E-state index contributed by atoms with van der Waals surface area (Å²) in [5.74, 6) is -4.70. The summed E-state index contributed by atoms with van der Waals surface area (Å²) in [5, 5.41) is 3.10. The zero-order valence-electron chi connectivity index (χ0n) is 17.1. The lowest BCUT2D eigenvalue weighted by Gasteiger charge is -2.26. The van der Waals surface area contributed by atoms with Crippen LogP contribution < -0.4 is 5.32 Å². The number of amides is 1. The maximum Gasteiger partial charge on any atom is 0.392 e. The molecule has 0 fully saturated rings. The van der Waals surface area contributed by atoms with Crippen LogP contribution in [0, 0.1) is 12.8 Å². The second-order valence-corrected chi connectivity index (χ2v) is 7.98. The molecule has 4 nitrogen and oxygen atoms in total. The van der Waals surface area contributed by atoms with Gasteiger partial charge in [0.15, 0.2) is 0 Å². The number of aryl methyl sites for hydroxylation is 1. The Morgan fingerprint density at radius 1 is 1.10 bits per heavy atom. The molecule has 1 N–H and O–H groups in total. The van der Waals surface area contributed by atoms with Crippen LogP contribution in [0.4, 0.5) is 18.9 Å². The van der Waals surface area contributed by atoms with Gasteiger partial charge in [0.25, 0.3) is 0 Å². The third-order valence-electron chi connectivity index (χ3n) is 5.13. The van der Waals surface area contributed by atoms with Crippen molar-refractivity contribution in [1.82, 2.24) is 0 Å². The Morgan fingerprint density at radius 3 is 2.26 bits per heavy atom. The van der Waals surface area contributed by atoms with Gasteiger partial charge in [0, 0.05) is 11.4 Å². The Balaban J connectivity index is 2.38. The van der Waals surface area contributed by atoms with Gasteiger partial charge in [-0.2, -0.15) is 13.2 Å². The zero-order valence-corrected chi connectivity index (χ0v) is 18.7. The van der Waals surface area contributed by atoms with Gasteiger partial charge in [-0.3, -0.25) is 9.59 Å². The number of nitrogens with one attached hydrogen (secondary N) is 1. The van der Waals surface area contributed by atoms with E-state index in [1.165, 1.54) is 37.4 Å². The molecule has 0 saturated carbocycles. The minimum Gasteiger partial charge on any atom is -0.469 e. The molecule has 0 saturated heterocycles. The molecule has 2 aromatic carbocycles. The van der Waals surface area contributed by atoms with E-state index in [4.69, 9.17) is 23.2 Å². The number of methoxy groups -OCH3 is 1. The van der Waals surface area contributed by atoms with Gasteiger partial charge >= 0.3 is 12.1 Å². The summed E-state index contributed by atoms with van der Waals surface area (Å²) in [7, 11) is 1.28. The molecule has 0 radical (unpaired) electrons. The second-order valence-electron chi connectivity index (χ2n) is 7.13. The van der Waals surface area contributed by atoms with Crippen LogP contribution in [0.1, 0.15) is 36.0 Å². The standard InChI is InChI=1S/C22H22Cl2F3NO3/c1-12-14(7-11-18(29)31-3)6-10-17(24)20(12)28-21(30)19(13(2)22(25,26)27)15-4-8-16(23)9-5-15/h4-6,8-10,13,19H,7,11H2,1-3H3,(H,28,30). The van der Waals surface area contributed by atoms with Crippen LogP contribution in [0.25, 0.3) is 0 Å². The fourth-order valence-corrected chi connectivity index (χ4v) is 3.59. The van der Waals surface area contributed by atoms with Crippen molar-refractivity contribution in [3.8, 4) is 0 Å². The van der Waals surface area contributed by atoms with E-state index in [9.17, 15) is 22.8 Å². The van der Waals surface area contributed by atoms with Crippen molar-refractivity contribution in [2.24, 2.45) is 5.92 Å². The number of anilines is 1. The molecule has 9 heteroatoms. The van der Waals surface area contributed by atoms with E-state index >= 15 is 0 Å². The summed E-state index contributed by atoms with van der Waals surface area (Å²) in [5.41, 5.74) is 1.68. The predicted octanol–water partition coefficient (Wildman–Crippen LogP) is 6.33. The maximum absolute atomic E-state index is 13.5. The van der Waals surface area contributed by atoms with E-state index < -0.39 is 29.9 Å². The Labute approximate surface area is 188 Å². The van der Waals surface area contributed by atoms with Crippen molar-refractivity contribution in [3.05, 3.63) is 63.1 Å². The number of hydrogen-bond acceptors (Lipinski definition) is 3. The van der Waals surface area contributed by atoms with E-state index in [1.807, 2.05) is 0 Å². The number of halogens is 5. The minimum absolute atomic E-state index is 0.116. The first-order chi connectivity index (χ1) is 14.5. The van der Waals surface area contributed by atoms with Crippen LogP contribution >= 0.6 is 23.2 Å². The average Bonchev–Trinajstić information content (AvgIpc) is 2.71. The molecule has 0 spiro atoms. The lowest BCUT2D eigenvalue weighted by molar-refractivity contribution is -0.178. The molecular weight excluding hydrogens is 454 g/mol. The molecule has 0 aromatic heterocycles. The number of esters is 1. The van der Waals surface area contributed by atoms with Crippen molar-refractivity contribution in [1.29, 1.82) is 0 Å². The summed E-state index contributed by atoms with van der Waals surface area (Å²) >= 11 is 12.1. The van der Waals surface area contributed by atoms with Gasteiger partial charge in [-0.15, -0.1) is 0 Å². The SMILES string of the molecule is COC(=O)CCc1ccc(Cl)c(NC(=O)C(c2ccc(Cl)cc2)C(C)C(F)(F)F)c1C. The van der Waals surface area contributed by atoms with Crippen molar-refractivity contribution >= 4 is 40.8 Å². The molecule has 1 amide bonds. The molecular formula is C22H22Cl2F3NO3. The normalized spacial score (nSPS) is 13.4. The summed E-state index contributed by atoms with van der Waals surface area (Å²) < 4.78 is 45.2. The zero-order chi connectivity index (χ0) is 23.3. The summed E-state index contributed by atoms with van der Waals surface area (Å²) in [6.45, 7) is 2.64. The number of carbonyl (C=O) groups excluding carboxylic acids is 2. The number of carbonyl (C=O) groups is 2. The Hall–Kier alpha value is -2.25. The molecule has 0 heterocycles. The van der Waals surface area contributed by atoms with Gasteiger partial charge in [-0.1, -0.05) is 48.3 Å². The van der Waals surface area contributed by atoms with Crippen molar-refractivity contribution in [3.63, 3.8) is 0 Å². The van der Waals surface area contributed by atoms with E-state index in [0.29, 0.717) is 17.0 Å². The van der Waals surface area contributed by atoms with Crippen LogP contribution in [0.15, 0.2) is 36.4 Å². The highest BCUT2D eigenvalue weighted by Gasteiger charge is 2.45. The third kappa shape index (κ3) is 6.37. The number of hydrogen-bond donors (Lipinski definition) is 1.